The Labute approximate surface area is 186 Å². The number of fused-ring (bicyclic) bond motifs is 3. The van der Waals surface area contributed by atoms with Crippen LogP contribution < -0.4 is 14.4 Å². The maximum Gasteiger partial charge on any atom is 0.247 e. The molecule has 1 atom stereocenters. The van der Waals surface area contributed by atoms with Crippen molar-refractivity contribution in [3.8, 4) is 22.9 Å². The topological polar surface area (TPSA) is 77.4 Å². The number of nitrogens with zero attached hydrogens (tertiary/aromatic N) is 4. The van der Waals surface area contributed by atoms with E-state index in [0.29, 0.717) is 34.6 Å². The Bertz CT molecular complexity index is 1110. The Kier molecular flexibility index (Phi) is 5.92. The summed E-state index contributed by atoms with van der Waals surface area (Å²) in [5.41, 5.74) is 2.67. The third-order valence-corrected chi connectivity index (χ3v) is 5.99. The number of ether oxygens (including phenoxy) is 2. The van der Waals surface area contributed by atoms with Crippen molar-refractivity contribution in [3.05, 3.63) is 52.5 Å². The first-order valence-electron chi connectivity index (χ1n) is 9.27. The second kappa shape index (κ2) is 8.61. The minimum Gasteiger partial charge on any atom is -0.497 e. The molecule has 4 rings (SSSR count). The predicted octanol–water partition coefficient (Wildman–Crippen LogP) is 4.87. The normalized spacial score (nSPS) is 14.9. The molecule has 9 heteroatoms. The molecule has 154 valence electrons. The summed E-state index contributed by atoms with van der Waals surface area (Å²) in [5, 5.41) is 9.03. The molecule has 0 bridgehead atoms. The maximum absolute atomic E-state index is 13.1. The molecule has 2 heterocycles. The maximum atomic E-state index is 13.1. The zero-order valence-electron chi connectivity index (χ0n) is 16.6. The molecular weight excluding hydrogens is 468 g/mol. The van der Waals surface area contributed by atoms with Crippen LogP contribution >= 0.6 is 27.7 Å². The van der Waals surface area contributed by atoms with E-state index in [9.17, 15) is 4.79 Å². The van der Waals surface area contributed by atoms with Gasteiger partial charge in [-0.05, 0) is 30.5 Å². The van der Waals surface area contributed by atoms with E-state index in [1.54, 1.807) is 12.0 Å². The van der Waals surface area contributed by atoms with Gasteiger partial charge in [-0.15, -0.1) is 10.2 Å². The van der Waals surface area contributed by atoms with Gasteiger partial charge >= 0.3 is 0 Å². The predicted molar refractivity (Wildman–Crippen MR) is 119 cm³/mol. The van der Waals surface area contributed by atoms with Crippen LogP contribution in [0.3, 0.4) is 0 Å². The second-order valence-electron chi connectivity index (χ2n) is 6.44. The molecule has 1 amide bonds. The van der Waals surface area contributed by atoms with E-state index in [4.69, 9.17) is 9.47 Å². The first-order valence-corrected chi connectivity index (χ1v) is 11.3. The summed E-state index contributed by atoms with van der Waals surface area (Å²) >= 11 is 4.97. The number of methoxy groups -OCH3 is 1. The van der Waals surface area contributed by atoms with E-state index in [1.807, 2.05) is 55.6 Å². The summed E-state index contributed by atoms with van der Waals surface area (Å²) in [6.45, 7) is 1.82. The number of benzene rings is 2. The van der Waals surface area contributed by atoms with Gasteiger partial charge < -0.3 is 9.47 Å². The van der Waals surface area contributed by atoms with Crippen LogP contribution in [-0.2, 0) is 4.79 Å². The van der Waals surface area contributed by atoms with Crippen molar-refractivity contribution in [2.45, 2.75) is 24.7 Å². The van der Waals surface area contributed by atoms with Crippen LogP contribution in [0.1, 0.15) is 25.1 Å². The largest absolute Gasteiger partial charge is 0.497 e. The molecule has 0 saturated heterocycles. The fraction of sp³-hybridized carbons (Fsp3) is 0.238. The molecule has 0 fully saturated rings. The number of carbonyl (C=O) groups excluding carboxylic acids is 1. The summed E-state index contributed by atoms with van der Waals surface area (Å²) in [4.78, 5) is 19.3. The van der Waals surface area contributed by atoms with Gasteiger partial charge in [0, 0.05) is 22.0 Å². The number of carbonyl (C=O) groups is 1. The fourth-order valence-electron chi connectivity index (χ4n) is 3.28. The molecule has 30 heavy (non-hydrogen) atoms. The number of rotatable bonds is 4. The lowest BCUT2D eigenvalue weighted by Gasteiger charge is -2.31. The molecule has 2 aromatic carbocycles. The molecule has 0 radical (unpaired) electrons. The van der Waals surface area contributed by atoms with Gasteiger partial charge in [0.05, 0.1) is 12.8 Å². The summed E-state index contributed by atoms with van der Waals surface area (Å²) in [6.07, 6.45) is 1.41. The van der Waals surface area contributed by atoms with Crippen molar-refractivity contribution >= 4 is 39.3 Å². The summed E-state index contributed by atoms with van der Waals surface area (Å²) in [7, 11) is 1.60. The average molecular weight is 487 g/mol. The van der Waals surface area contributed by atoms with Crippen LogP contribution in [-0.4, -0.2) is 34.5 Å². The van der Waals surface area contributed by atoms with Crippen molar-refractivity contribution in [1.82, 2.24) is 15.2 Å². The Morgan fingerprint density at radius 3 is 2.80 bits per heavy atom. The van der Waals surface area contributed by atoms with Crippen LogP contribution in [0.15, 0.2) is 52.1 Å². The molecule has 0 saturated carbocycles. The van der Waals surface area contributed by atoms with Crippen LogP contribution in [0.5, 0.6) is 11.6 Å². The lowest BCUT2D eigenvalue weighted by atomic mass is 10.1. The quantitative estimate of drug-likeness (QED) is 0.486. The van der Waals surface area contributed by atoms with Gasteiger partial charge in [-0.3, -0.25) is 9.69 Å². The number of hydrogen-bond acceptors (Lipinski definition) is 7. The molecular formula is C21H19BrN4O3S. The standard InChI is InChI=1S/C21H19BrN4O3S/c1-4-17(27)26-16-8-6-5-7-13(16)18-19(23-21(30-3)25-24-18)29-20(26)14-11-12(28-2)9-10-15(14)22/h5-11,20H,4H2,1-3H3/t20-/m1/s1. The highest BCUT2D eigenvalue weighted by atomic mass is 79.9. The summed E-state index contributed by atoms with van der Waals surface area (Å²) in [5.74, 6) is 0.894. The van der Waals surface area contributed by atoms with E-state index in [-0.39, 0.29) is 5.91 Å². The van der Waals surface area contributed by atoms with Crippen LogP contribution in [0, 0.1) is 0 Å². The van der Waals surface area contributed by atoms with Gasteiger partial charge in [0.25, 0.3) is 0 Å². The Morgan fingerprint density at radius 1 is 1.27 bits per heavy atom. The van der Waals surface area contributed by atoms with Gasteiger partial charge in [0.2, 0.25) is 23.2 Å². The van der Waals surface area contributed by atoms with Crippen molar-refractivity contribution in [2.24, 2.45) is 0 Å². The highest BCUT2D eigenvalue weighted by Gasteiger charge is 2.36. The zero-order valence-corrected chi connectivity index (χ0v) is 19.0. The Morgan fingerprint density at radius 2 is 2.07 bits per heavy atom. The van der Waals surface area contributed by atoms with Crippen LogP contribution in [0.4, 0.5) is 5.69 Å². The lowest BCUT2D eigenvalue weighted by Crippen LogP contribution is -2.37. The number of thioether (sulfide) groups is 1. The number of hydrogen-bond donors (Lipinski definition) is 0. The minimum absolute atomic E-state index is 0.0898. The number of halogens is 1. The van der Waals surface area contributed by atoms with E-state index in [1.165, 1.54) is 11.8 Å². The summed E-state index contributed by atoms with van der Waals surface area (Å²) < 4.78 is 12.6. The molecule has 3 aromatic rings. The van der Waals surface area contributed by atoms with Crippen LogP contribution in [0.2, 0.25) is 0 Å². The van der Waals surface area contributed by atoms with Crippen molar-refractivity contribution < 1.29 is 14.3 Å². The molecule has 0 N–H and O–H groups in total. The van der Waals surface area contributed by atoms with Crippen molar-refractivity contribution in [1.29, 1.82) is 0 Å². The minimum atomic E-state index is -0.768. The number of para-hydroxylation sites is 1. The second-order valence-corrected chi connectivity index (χ2v) is 8.07. The zero-order chi connectivity index (χ0) is 21.3. The molecule has 1 aliphatic heterocycles. The molecule has 0 spiro atoms. The Balaban J connectivity index is 2.00. The molecule has 1 aromatic heterocycles. The van der Waals surface area contributed by atoms with Crippen molar-refractivity contribution in [3.63, 3.8) is 0 Å². The van der Waals surface area contributed by atoms with Gasteiger partial charge in [-0.2, -0.15) is 4.98 Å². The first-order chi connectivity index (χ1) is 14.6. The highest BCUT2D eigenvalue weighted by molar-refractivity contribution is 9.10. The highest BCUT2D eigenvalue weighted by Crippen LogP contribution is 2.45. The number of aromatic nitrogens is 3. The van der Waals surface area contributed by atoms with E-state index < -0.39 is 6.23 Å². The van der Waals surface area contributed by atoms with E-state index in [0.717, 1.165) is 15.6 Å². The molecule has 0 unspecified atom stereocenters. The first kappa shape index (κ1) is 20.6. The number of amides is 1. The van der Waals surface area contributed by atoms with E-state index in [2.05, 4.69) is 31.1 Å². The van der Waals surface area contributed by atoms with Crippen molar-refractivity contribution in [2.75, 3.05) is 18.3 Å². The third-order valence-electron chi connectivity index (χ3n) is 4.73. The molecule has 1 aliphatic rings. The third kappa shape index (κ3) is 3.63. The van der Waals surface area contributed by atoms with E-state index >= 15 is 0 Å². The average Bonchev–Trinajstić information content (AvgIpc) is 2.93. The molecule has 0 aliphatic carbocycles. The smallest absolute Gasteiger partial charge is 0.247 e. The Hall–Kier alpha value is -2.65. The number of anilines is 1. The monoisotopic (exact) mass is 486 g/mol. The fourth-order valence-corrected chi connectivity index (χ4v) is 4.02. The SMILES string of the molecule is CCC(=O)N1c2ccccc2-c2nnc(SC)nc2O[C@@H]1c1cc(OC)ccc1Br. The van der Waals surface area contributed by atoms with Gasteiger partial charge in [0.15, 0.2) is 5.69 Å². The van der Waals surface area contributed by atoms with Gasteiger partial charge in [0.1, 0.15) is 5.75 Å². The summed E-state index contributed by atoms with van der Waals surface area (Å²) in [6, 6.07) is 13.1. The lowest BCUT2D eigenvalue weighted by molar-refractivity contribution is -0.120. The van der Waals surface area contributed by atoms with Crippen LogP contribution in [0.25, 0.3) is 11.3 Å². The molecule has 7 nitrogen and oxygen atoms in total. The van der Waals surface area contributed by atoms with Gasteiger partial charge in [-0.25, -0.2) is 0 Å². The van der Waals surface area contributed by atoms with Gasteiger partial charge in [-0.1, -0.05) is 52.8 Å².